The molecule has 2 heterocycles. The van der Waals surface area contributed by atoms with Crippen molar-refractivity contribution >= 4 is 35.2 Å². The summed E-state index contributed by atoms with van der Waals surface area (Å²) in [5.74, 6) is 0. The second kappa shape index (κ2) is 4.71. The summed E-state index contributed by atoms with van der Waals surface area (Å²) in [6, 6.07) is -0.284. The number of aromatic nitrogens is 2. The quantitative estimate of drug-likeness (QED) is 0.841. The highest BCUT2D eigenvalue weighted by Gasteiger charge is 2.21. The van der Waals surface area contributed by atoms with Crippen molar-refractivity contribution in [2.45, 2.75) is 6.42 Å². The van der Waals surface area contributed by atoms with E-state index >= 15 is 0 Å². The van der Waals surface area contributed by atoms with Crippen molar-refractivity contribution in [3.8, 4) is 0 Å². The van der Waals surface area contributed by atoms with Crippen LogP contribution in [-0.2, 0) is 0 Å². The lowest BCUT2D eigenvalue weighted by Gasteiger charge is -2.26. The summed E-state index contributed by atoms with van der Waals surface area (Å²) in [5.41, 5.74) is 0. The Morgan fingerprint density at radius 3 is 2.94 bits per heavy atom. The average Bonchev–Trinajstić information content (AvgIpc) is 2.74. The first kappa shape index (κ1) is 11.2. The van der Waals surface area contributed by atoms with Gasteiger partial charge in [-0.1, -0.05) is 28.3 Å². The lowest BCUT2D eigenvalue weighted by atomic mass is 10.2. The molecule has 8 heteroatoms. The Morgan fingerprint density at radius 2 is 2.31 bits per heavy atom. The Kier molecular flexibility index (Phi) is 3.31. The van der Waals surface area contributed by atoms with E-state index in [-0.39, 0.29) is 12.0 Å². The summed E-state index contributed by atoms with van der Waals surface area (Å²) in [5, 5.41) is 10.5. The number of hydrogen-bond acceptors (Lipinski definition) is 4. The maximum absolute atomic E-state index is 11.7. The molecule has 0 fully saturated rings. The molecular weight excluding hydrogens is 255 g/mol. The minimum absolute atomic E-state index is 0.0572. The van der Waals surface area contributed by atoms with E-state index in [0.717, 1.165) is 6.39 Å². The summed E-state index contributed by atoms with van der Waals surface area (Å²) in [6.07, 6.45) is 1.69. The van der Waals surface area contributed by atoms with Crippen LogP contribution in [0, 0.1) is 0 Å². The van der Waals surface area contributed by atoms with Gasteiger partial charge < -0.3 is 9.32 Å². The highest BCUT2D eigenvalue weighted by molar-refractivity contribution is 6.39. The smallest absolute Gasteiger partial charge is 0.325 e. The van der Waals surface area contributed by atoms with E-state index in [2.05, 4.69) is 15.5 Å². The van der Waals surface area contributed by atoms with E-state index in [0.29, 0.717) is 29.6 Å². The Hall–Kier alpha value is -1.27. The molecule has 2 amide bonds. The number of hydrogen-bond donors (Lipinski definition) is 1. The van der Waals surface area contributed by atoms with Gasteiger partial charge in [0.25, 0.3) is 0 Å². The number of anilines is 1. The third-order valence-corrected chi connectivity index (χ3v) is 2.95. The van der Waals surface area contributed by atoms with Gasteiger partial charge in [0.15, 0.2) is 0 Å². The molecule has 1 aromatic rings. The Labute approximate surface area is 101 Å². The molecule has 0 atom stereocenters. The first-order valence-corrected chi connectivity index (χ1v) is 5.27. The second-order valence-electron chi connectivity index (χ2n) is 3.16. The molecule has 86 valence electrons. The summed E-state index contributed by atoms with van der Waals surface area (Å²) in [7, 11) is 0. The lowest BCUT2D eigenvalue weighted by molar-refractivity contribution is 0.215. The minimum atomic E-state index is -0.341. The number of urea groups is 1. The molecule has 0 saturated heterocycles. The lowest BCUT2D eigenvalue weighted by Crippen LogP contribution is -2.38. The normalized spacial score (nSPS) is 16.5. The highest BCUT2D eigenvalue weighted by atomic mass is 35.5. The van der Waals surface area contributed by atoms with Gasteiger partial charge in [-0.2, -0.15) is 0 Å². The van der Waals surface area contributed by atoms with Crippen LogP contribution < -0.4 is 5.32 Å². The zero-order chi connectivity index (χ0) is 11.5. The van der Waals surface area contributed by atoms with Crippen LogP contribution >= 0.6 is 23.2 Å². The number of carbonyl (C=O) groups excluding carboxylic acids is 1. The van der Waals surface area contributed by atoms with Gasteiger partial charge >= 0.3 is 12.0 Å². The van der Waals surface area contributed by atoms with E-state index < -0.39 is 0 Å². The van der Waals surface area contributed by atoms with Gasteiger partial charge in [-0.3, -0.25) is 5.32 Å². The predicted molar refractivity (Wildman–Crippen MR) is 58.2 cm³/mol. The molecule has 0 aliphatic carbocycles. The molecule has 1 N–H and O–H groups in total. The zero-order valence-electron chi connectivity index (χ0n) is 8.11. The standard InChI is InChI=1S/C8H8Cl2N4O2/c9-5-1-2-14(3-6(5)10)8(15)12-7-13-11-4-16-7/h4H,1-3H2,(H,12,13,15). The number of rotatable bonds is 1. The molecule has 2 rings (SSSR count). The Bertz CT molecular complexity index is 418. The van der Waals surface area contributed by atoms with Crippen LogP contribution in [0.2, 0.25) is 0 Å². The molecule has 6 nitrogen and oxygen atoms in total. The molecule has 0 radical (unpaired) electrons. The summed E-state index contributed by atoms with van der Waals surface area (Å²) >= 11 is 11.7. The van der Waals surface area contributed by atoms with Crippen LogP contribution in [0.5, 0.6) is 0 Å². The Morgan fingerprint density at radius 1 is 1.50 bits per heavy atom. The third kappa shape index (κ3) is 2.45. The molecule has 0 spiro atoms. The average molecular weight is 263 g/mol. The molecule has 1 aliphatic rings. The molecule has 0 saturated carbocycles. The van der Waals surface area contributed by atoms with Crippen LogP contribution in [0.1, 0.15) is 6.42 Å². The van der Waals surface area contributed by atoms with Crippen LogP contribution in [0.3, 0.4) is 0 Å². The number of amides is 2. The highest BCUT2D eigenvalue weighted by Crippen LogP contribution is 2.24. The zero-order valence-corrected chi connectivity index (χ0v) is 9.62. The van der Waals surface area contributed by atoms with Crippen molar-refractivity contribution in [3.05, 3.63) is 16.5 Å². The van der Waals surface area contributed by atoms with E-state index in [1.54, 1.807) is 0 Å². The van der Waals surface area contributed by atoms with Crippen LogP contribution in [0.25, 0.3) is 0 Å². The molecule has 1 aromatic heterocycles. The molecule has 16 heavy (non-hydrogen) atoms. The van der Waals surface area contributed by atoms with Crippen molar-refractivity contribution < 1.29 is 9.21 Å². The first-order valence-electron chi connectivity index (χ1n) is 4.52. The SMILES string of the molecule is O=C(Nc1nnco1)N1CCC(Cl)=C(Cl)C1. The Balaban J connectivity index is 1.97. The number of halogens is 2. The maximum Gasteiger partial charge on any atom is 0.325 e. The maximum atomic E-state index is 11.7. The molecule has 0 aromatic carbocycles. The fourth-order valence-electron chi connectivity index (χ4n) is 1.27. The van der Waals surface area contributed by atoms with Crippen molar-refractivity contribution in [1.29, 1.82) is 0 Å². The topological polar surface area (TPSA) is 71.3 Å². The molecule has 0 bridgehead atoms. The van der Waals surface area contributed by atoms with Gasteiger partial charge in [-0.25, -0.2) is 4.79 Å². The number of nitrogens with one attached hydrogen (secondary N) is 1. The van der Waals surface area contributed by atoms with Crippen molar-refractivity contribution in [2.75, 3.05) is 18.4 Å². The van der Waals surface area contributed by atoms with Crippen molar-refractivity contribution in [2.24, 2.45) is 0 Å². The minimum Gasteiger partial charge on any atom is -0.411 e. The van der Waals surface area contributed by atoms with Gasteiger partial charge in [0.2, 0.25) is 6.39 Å². The molecule has 0 unspecified atom stereocenters. The largest absolute Gasteiger partial charge is 0.411 e. The van der Waals surface area contributed by atoms with Crippen LogP contribution in [0.15, 0.2) is 20.9 Å². The van der Waals surface area contributed by atoms with Gasteiger partial charge in [-0.15, -0.1) is 5.10 Å². The van der Waals surface area contributed by atoms with E-state index in [1.807, 2.05) is 0 Å². The summed E-state index contributed by atoms with van der Waals surface area (Å²) < 4.78 is 4.79. The second-order valence-corrected chi connectivity index (χ2v) is 4.07. The van der Waals surface area contributed by atoms with Crippen molar-refractivity contribution in [3.63, 3.8) is 0 Å². The van der Waals surface area contributed by atoms with Gasteiger partial charge in [0.1, 0.15) is 0 Å². The fourth-order valence-corrected chi connectivity index (χ4v) is 1.66. The molecular formula is C8H8Cl2N4O2. The summed E-state index contributed by atoms with van der Waals surface area (Å²) in [4.78, 5) is 13.2. The van der Waals surface area contributed by atoms with Crippen LogP contribution in [-0.4, -0.2) is 34.2 Å². The summed E-state index contributed by atoms with van der Waals surface area (Å²) in [6.45, 7) is 0.801. The fraction of sp³-hybridized carbons (Fsp3) is 0.375. The monoisotopic (exact) mass is 262 g/mol. The first-order chi connectivity index (χ1) is 7.66. The van der Waals surface area contributed by atoms with E-state index in [1.165, 1.54) is 4.90 Å². The number of nitrogens with zero attached hydrogens (tertiary/aromatic N) is 3. The van der Waals surface area contributed by atoms with E-state index in [4.69, 9.17) is 27.6 Å². The van der Waals surface area contributed by atoms with E-state index in [9.17, 15) is 4.79 Å². The van der Waals surface area contributed by atoms with Gasteiger partial charge in [0, 0.05) is 18.0 Å². The van der Waals surface area contributed by atoms with Gasteiger partial charge in [0.05, 0.1) is 11.6 Å². The van der Waals surface area contributed by atoms with Gasteiger partial charge in [-0.05, 0) is 0 Å². The number of carbonyl (C=O) groups is 1. The molecule has 1 aliphatic heterocycles. The third-order valence-electron chi connectivity index (χ3n) is 2.09. The predicted octanol–water partition coefficient (Wildman–Crippen LogP) is 2.00. The van der Waals surface area contributed by atoms with Crippen molar-refractivity contribution in [1.82, 2.24) is 15.1 Å². The van der Waals surface area contributed by atoms with Crippen LogP contribution in [0.4, 0.5) is 10.8 Å².